The zero-order chi connectivity index (χ0) is 18.2. The molecule has 1 fully saturated rings. The maximum atomic E-state index is 11.1. The lowest BCUT2D eigenvalue weighted by Crippen LogP contribution is -2.41. The summed E-state index contributed by atoms with van der Waals surface area (Å²) in [6.45, 7) is 6.71. The van der Waals surface area contributed by atoms with Crippen LogP contribution in [0.2, 0.25) is 0 Å². The average molecular weight is 351 g/mol. The number of aliphatic hydroxyl groups excluding tert-OH is 1. The van der Waals surface area contributed by atoms with Gasteiger partial charge in [0.1, 0.15) is 18.5 Å². The lowest BCUT2D eigenvalue weighted by molar-refractivity contribution is -0.140. The number of aliphatic hydroxyl groups is 1. The number of epoxide rings is 1. The van der Waals surface area contributed by atoms with Gasteiger partial charge in [-0.25, -0.2) is 0 Å². The summed E-state index contributed by atoms with van der Waals surface area (Å²) in [6.07, 6.45) is 0.765. The van der Waals surface area contributed by atoms with Crippen molar-refractivity contribution in [2.45, 2.75) is 44.9 Å². The molecule has 1 N–H and O–H groups in total. The van der Waals surface area contributed by atoms with E-state index < -0.39 is 6.10 Å². The summed E-state index contributed by atoms with van der Waals surface area (Å²) in [4.78, 5) is 13.4. The van der Waals surface area contributed by atoms with Crippen LogP contribution in [-0.2, 0) is 20.7 Å². The predicted octanol–water partition coefficient (Wildman–Crippen LogP) is 1.64. The topological polar surface area (TPSA) is 71.5 Å². The molecular weight excluding hydrogens is 322 g/mol. The van der Waals surface area contributed by atoms with Crippen molar-refractivity contribution in [3.63, 3.8) is 0 Å². The van der Waals surface area contributed by atoms with Gasteiger partial charge in [-0.05, 0) is 38.0 Å². The molecule has 0 saturated carbocycles. The van der Waals surface area contributed by atoms with Crippen molar-refractivity contribution in [2.24, 2.45) is 0 Å². The Morgan fingerprint density at radius 1 is 1.36 bits per heavy atom. The summed E-state index contributed by atoms with van der Waals surface area (Å²) < 4.78 is 15.6. The molecule has 0 bridgehead atoms. The van der Waals surface area contributed by atoms with E-state index in [2.05, 4.69) is 23.5 Å². The number of methoxy groups -OCH3 is 1. The summed E-state index contributed by atoms with van der Waals surface area (Å²) in [5.74, 6) is 0.497. The number of ether oxygens (including phenoxy) is 3. The highest BCUT2D eigenvalue weighted by atomic mass is 16.6. The number of esters is 1. The highest BCUT2D eigenvalue weighted by molar-refractivity contribution is 5.69. The SMILES string of the molecule is COC(=O)CCc1ccc(OCC(O)CN(CC2CO2)C(C)C)cc1. The highest BCUT2D eigenvalue weighted by Crippen LogP contribution is 2.15. The van der Waals surface area contributed by atoms with Gasteiger partial charge in [0.05, 0.1) is 19.8 Å². The van der Waals surface area contributed by atoms with Crippen LogP contribution in [0, 0.1) is 0 Å². The normalized spacial score (nSPS) is 17.6. The van der Waals surface area contributed by atoms with Crippen LogP contribution in [0.15, 0.2) is 24.3 Å². The minimum Gasteiger partial charge on any atom is -0.491 e. The fraction of sp³-hybridized carbons (Fsp3) is 0.632. The van der Waals surface area contributed by atoms with Crippen LogP contribution in [0.4, 0.5) is 0 Å². The molecule has 140 valence electrons. The first-order chi connectivity index (χ1) is 12.0. The monoisotopic (exact) mass is 351 g/mol. The first-order valence-electron chi connectivity index (χ1n) is 8.80. The smallest absolute Gasteiger partial charge is 0.305 e. The van der Waals surface area contributed by atoms with Gasteiger partial charge in [-0.3, -0.25) is 9.69 Å². The van der Waals surface area contributed by atoms with Gasteiger partial charge >= 0.3 is 5.97 Å². The zero-order valence-electron chi connectivity index (χ0n) is 15.3. The second-order valence-electron chi connectivity index (χ2n) is 6.69. The number of rotatable bonds is 11. The molecule has 1 aliphatic rings. The Kier molecular flexibility index (Phi) is 7.68. The molecule has 2 rings (SSSR count). The molecular formula is C19H29NO5. The standard InChI is InChI=1S/C19H29NO5/c1-14(2)20(11-18-13-25-18)10-16(21)12-24-17-7-4-15(5-8-17)6-9-19(22)23-3/h4-5,7-8,14,16,18,21H,6,9-13H2,1-3H3. The summed E-state index contributed by atoms with van der Waals surface area (Å²) >= 11 is 0. The minimum absolute atomic E-state index is 0.213. The number of nitrogens with zero attached hydrogens (tertiary/aromatic N) is 1. The third kappa shape index (κ3) is 7.42. The van der Waals surface area contributed by atoms with E-state index in [0.717, 1.165) is 18.7 Å². The molecule has 0 amide bonds. The minimum atomic E-state index is -0.555. The summed E-state index contributed by atoms with van der Waals surface area (Å²) in [5, 5.41) is 10.2. The molecule has 0 aromatic heterocycles. The van der Waals surface area contributed by atoms with Crippen molar-refractivity contribution in [2.75, 3.05) is 33.4 Å². The largest absolute Gasteiger partial charge is 0.491 e. The Morgan fingerprint density at radius 2 is 2.04 bits per heavy atom. The van der Waals surface area contributed by atoms with Gasteiger partial charge in [0.2, 0.25) is 0 Å². The van der Waals surface area contributed by atoms with Gasteiger partial charge in [0, 0.05) is 25.6 Å². The van der Waals surface area contributed by atoms with E-state index in [1.807, 2.05) is 24.3 Å². The molecule has 25 heavy (non-hydrogen) atoms. The molecule has 1 aromatic rings. The maximum absolute atomic E-state index is 11.1. The van der Waals surface area contributed by atoms with Crippen LogP contribution in [0.1, 0.15) is 25.8 Å². The molecule has 1 aliphatic heterocycles. The molecule has 1 aromatic carbocycles. The maximum Gasteiger partial charge on any atom is 0.305 e. The van der Waals surface area contributed by atoms with E-state index in [4.69, 9.17) is 9.47 Å². The Bertz CT molecular complexity index is 527. The van der Waals surface area contributed by atoms with E-state index in [1.54, 1.807) is 0 Å². The molecule has 6 heteroatoms. The van der Waals surface area contributed by atoms with Crippen LogP contribution in [0.3, 0.4) is 0 Å². The first-order valence-corrected chi connectivity index (χ1v) is 8.80. The van der Waals surface area contributed by atoms with Crippen molar-refractivity contribution in [3.05, 3.63) is 29.8 Å². The van der Waals surface area contributed by atoms with Gasteiger partial charge in [0.25, 0.3) is 0 Å². The van der Waals surface area contributed by atoms with E-state index in [1.165, 1.54) is 7.11 Å². The molecule has 1 heterocycles. The summed E-state index contributed by atoms with van der Waals surface area (Å²) in [7, 11) is 1.39. The van der Waals surface area contributed by atoms with E-state index in [-0.39, 0.29) is 12.6 Å². The molecule has 2 atom stereocenters. The number of hydrogen-bond donors (Lipinski definition) is 1. The van der Waals surface area contributed by atoms with Crippen LogP contribution in [0.5, 0.6) is 5.75 Å². The highest BCUT2D eigenvalue weighted by Gasteiger charge is 2.27. The molecule has 1 saturated heterocycles. The van der Waals surface area contributed by atoms with Crippen LogP contribution >= 0.6 is 0 Å². The number of hydrogen-bond acceptors (Lipinski definition) is 6. The second kappa shape index (κ2) is 9.75. The van der Waals surface area contributed by atoms with Gasteiger partial charge in [-0.2, -0.15) is 0 Å². The molecule has 0 spiro atoms. The molecule has 6 nitrogen and oxygen atoms in total. The second-order valence-corrected chi connectivity index (χ2v) is 6.69. The van der Waals surface area contributed by atoms with Crippen molar-refractivity contribution in [3.8, 4) is 5.75 Å². The van der Waals surface area contributed by atoms with E-state index in [9.17, 15) is 9.90 Å². The molecule has 0 radical (unpaired) electrons. The van der Waals surface area contributed by atoms with Gasteiger partial charge in [-0.15, -0.1) is 0 Å². The lowest BCUT2D eigenvalue weighted by Gasteiger charge is -2.28. The average Bonchev–Trinajstić information content (AvgIpc) is 3.42. The van der Waals surface area contributed by atoms with E-state index >= 15 is 0 Å². The van der Waals surface area contributed by atoms with Crippen LogP contribution in [0.25, 0.3) is 0 Å². The Hall–Kier alpha value is -1.63. The van der Waals surface area contributed by atoms with Gasteiger partial charge in [0.15, 0.2) is 0 Å². The zero-order valence-corrected chi connectivity index (χ0v) is 15.3. The van der Waals surface area contributed by atoms with Crippen molar-refractivity contribution in [1.29, 1.82) is 0 Å². The summed E-state index contributed by atoms with van der Waals surface area (Å²) in [6, 6.07) is 7.92. The molecule has 2 unspecified atom stereocenters. The Labute approximate surface area is 149 Å². The first kappa shape index (κ1) is 19.7. The van der Waals surface area contributed by atoms with E-state index in [0.29, 0.717) is 37.3 Å². The van der Waals surface area contributed by atoms with Crippen LogP contribution < -0.4 is 4.74 Å². The lowest BCUT2D eigenvalue weighted by atomic mass is 10.1. The molecule has 0 aliphatic carbocycles. The van der Waals surface area contributed by atoms with Crippen molar-refractivity contribution >= 4 is 5.97 Å². The Morgan fingerprint density at radius 3 is 2.60 bits per heavy atom. The van der Waals surface area contributed by atoms with Gasteiger partial charge < -0.3 is 19.3 Å². The number of aryl methyl sites for hydroxylation is 1. The third-order valence-corrected chi connectivity index (χ3v) is 4.23. The van der Waals surface area contributed by atoms with Crippen molar-refractivity contribution in [1.82, 2.24) is 4.90 Å². The van der Waals surface area contributed by atoms with Crippen molar-refractivity contribution < 1.29 is 24.1 Å². The third-order valence-electron chi connectivity index (χ3n) is 4.23. The number of benzene rings is 1. The predicted molar refractivity (Wildman–Crippen MR) is 94.7 cm³/mol. The summed E-state index contributed by atoms with van der Waals surface area (Å²) in [5.41, 5.74) is 1.05. The van der Waals surface area contributed by atoms with Gasteiger partial charge in [-0.1, -0.05) is 12.1 Å². The number of carbonyl (C=O) groups excluding carboxylic acids is 1. The fourth-order valence-electron chi connectivity index (χ4n) is 2.55. The number of carbonyl (C=O) groups is 1. The fourth-order valence-corrected chi connectivity index (χ4v) is 2.55. The van der Waals surface area contributed by atoms with Crippen LogP contribution in [-0.4, -0.2) is 67.6 Å². The Balaban J connectivity index is 1.72. The quantitative estimate of drug-likeness (QED) is 0.483.